The number of hydrogen-bond acceptors (Lipinski definition) is 6. The molecule has 2 amide bonds. The molecule has 0 aliphatic carbocycles. The van der Waals surface area contributed by atoms with E-state index in [9.17, 15) is 22.8 Å². The van der Waals surface area contributed by atoms with E-state index in [0.717, 1.165) is 24.2 Å². The van der Waals surface area contributed by atoms with Crippen molar-refractivity contribution in [2.75, 3.05) is 38.1 Å². The maximum atomic E-state index is 12.7. The lowest BCUT2D eigenvalue weighted by molar-refractivity contribution is -0.192. The van der Waals surface area contributed by atoms with Crippen LogP contribution in [0.4, 0.5) is 18.9 Å². The Morgan fingerprint density at radius 2 is 1.81 bits per heavy atom. The van der Waals surface area contributed by atoms with Crippen LogP contribution in [0.2, 0.25) is 0 Å². The zero-order valence-corrected chi connectivity index (χ0v) is 18.8. The number of carboxylic acids is 1. The Hall–Kier alpha value is -2.44. The second-order valence-corrected chi connectivity index (χ2v) is 9.28. The van der Waals surface area contributed by atoms with E-state index >= 15 is 0 Å². The topological polar surface area (TPSA) is 81.2 Å². The van der Waals surface area contributed by atoms with Gasteiger partial charge in [0.2, 0.25) is 11.8 Å². The summed E-state index contributed by atoms with van der Waals surface area (Å²) in [6, 6.07) is 4.01. The Labute approximate surface area is 190 Å². The minimum absolute atomic E-state index is 0.134. The van der Waals surface area contributed by atoms with Gasteiger partial charge < -0.3 is 14.9 Å². The third-order valence-electron chi connectivity index (χ3n) is 5.62. The van der Waals surface area contributed by atoms with Crippen LogP contribution in [0, 0.1) is 0 Å². The molecule has 1 spiro atoms. The first-order valence-electron chi connectivity index (χ1n) is 9.64. The highest BCUT2D eigenvalue weighted by Gasteiger charge is 2.48. The second kappa shape index (κ2) is 9.59. The van der Waals surface area contributed by atoms with E-state index in [4.69, 9.17) is 9.90 Å². The predicted octanol–water partition coefficient (Wildman–Crippen LogP) is 2.94. The number of nitrogens with zero attached hydrogens (tertiary/aromatic N) is 3. The number of hydrogen-bond donors (Lipinski definition) is 1. The number of amides is 2. The molecule has 0 saturated carbocycles. The minimum Gasteiger partial charge on any atom is -0.475 e. The van der Waals surface area contributed by atoms with Gasteiger partial charge in [-0.15, -0.1) is 0 Å². The number of thiophene rings is 2. The second-order valence-electron chi connectivity index (χ2n) is 7.72. The maximum absolute atomic E-state index is 12.7. The number of likely N-dealkylation sites (N-methyl/N-ethyl adjacent to an activating group) is 1. The number of alkyl halides is 3. The number of anilines is 1. The Morgan fingerprint density at radius 1 is 1.16 bits per heavy atom. The lowest BCUT2D eigenvalue weighted by Crippen LogP contribution is -2.64. The molecule has 2 fully saturated rings. The van der Waals surface area contributed by atoms with Gasteiger partial charge in [0.15, 0.2) is 0 Å². The van der Waals surface area contributed by atoms with E-state index in [0.29, 0.717) is 26.1 Å². The van der Waals surface area contributed by atoms with E-state index in [1.54, 1.807) is 22.7 Å². The number of carbonyl (C=O) groups excluding carboxylic acids is 2. The smallest absolute Gasteiger partial charge is 0.475 e. The van der Waals surface area contributed by atoms with Crippen LogP contribution >= 0.6 is 22.7 Å². The van der Waals surface area contributed by atoms with Crippen LogP contribution in [0.3, 0.4) is 0 Å². The molecule has 174 valence electrons. The lowest BCUT2D eigenvalue weighted by atomic mass is 9.93. The first kappa shape index (κ1) is 24.2. The molecule has 1 N–H and O–H groups in total. The van der Waals surface area contributed by atoms with Crippen LogP contribution in [0.1, 0.15) is 12.0 Å². The van der Waals surface area contributed by atoms with Crippen LogP contribution in [0.15, 0.2) is 33.7 Å². The number of halogens is 3. The summed E-state index contributed by atoms with van der Waals surface area (Å²) >= 11 is 3.23. The molecule has 4 heterocycles. The average molecular weight is 490 g/mol. The van der Waals surface area contributed by atoms with Crippen molar-refractivity contribution >= 4 is 46.1 Å². The van der Waals surface area contributed by atoms with E-state index in [1.165, 1.54) is 0 Å². The molecule has 2 aliphatic rings. The van der Waals surface area contributed by atoms with Crippen molar-refractivity contribution in [1.82, 2.24) is 9.80 Å². The number of likely N-dealkylation sites (tertiary alicyclic amines) is 1. The van der Waals surface area contributed by atoms with Crippen LogP contribution < -0.4 is 4.90 Å². The zero-order valence-electron chi connectivity index (χ0n) is 17.2. The highest BCUT2D eigenvalue weighted by Crippen LogP contribution is 2.34. The van der Waals surface area contributed by atoms with Crippen molar-refractivity contribution in [3.05, 3.63) is 39.2 Å². The van der Waals surface area contributed by atoms with Crippen LogP contribution in [-0.4, -0.2) is 77.6 Å². The first-order valence-corrected chi connectivity index (χ1v) is 11.5. The summed E-state index contributed by atoms with van der Waals surface area (Å²) < 4.78 is 31.7. The summed E-state index contributed by atoms with van der Waals surface area (Å²) in [6.45, 7) is 2.52. The standard InChI is InChI=1S/C18H21N3O2S2.C2HF3O2/c1-19-9-17(23)21(15-3-7-25-11-15)13-18(19)4-5-20(12-18)16(22)8-14-2-6-24-10-14;3-2(4,5)1(6)7/h2-3,6-7,10-11H,4-5,8-9,12-13H2,1H3;(H,6,7). The van der Waals surface area contributed by atoms with Crippen LogP contribution in [0.5, 0.6) is 0 Å². The molecule has 0 radical (unpaired) electrons. The Morgan fingerprint density at radius 3 is 2.38 bits per heavy atom. The van der Waals surface area contributed by atoms with E-state index in [2.05, 4.69) is 4.90 Å². The highest BCUT2D eigenvalue weighted by atomic mass is 32.1. The van der Waals surface area contributed by atoms with E-state index in [1.807, 2.05) is 50.5 Å². The zero-order chi connectivity index (χ0) is 23.5. The summed E-state index contributed by atoms with van der Waals surface area (Å²) in [7, 11) is 2.01. The highest BCUT2D eigenvalue weighted by molar-refractivity contribution is 7.08. The molecule has 2 aromatic heterocycles. The van der Waals surface area contributed by atoms with Gasteiger partial charge in [0.25, 0.3) is 0 Å². The molecule has 7 nitrogen and oxygen atoms in total. The van der Waals surface area contributed by atoms with Crippen LogP contribution in [0.25, 0.3) is 0 Å². The van der Waals surface area contributed by atoms with Crippen LogP contribution in [-0.2, 0) is 20.8 Å². The van der Waals surface area contributed by atoms with E-state index in [-0.39, 0.29) is 17.4 Å². The molecule has 4 rings (SSSR count). The number of carboxylic acid groups (broad SMARTS) is 1. The third kappa shape index (κ3) is 5.48. The van der Waals surface area contributed by atoms with Gasteiger partial charge in [0.05, 0.1) is 24.2 Å². The molecule has 2 saturated heterocycles. The normalized spacial score (nSPS) is 21.6. The fraction of sp³-hybridized carbons (Fsp3) is 0.450. The molecule has 2 aromatic rings. The number of piperazine rings is 1. The van der Waals surface area contributed by atoms with E-state index < -0.39 is 12.1 Å². The molecule has 0 bridgehead atoms. The molecule has 1 unspecified atom stereocenters. The Balaban J connectivity index is 0.000000360. The summed E-state index contributed by atoms with van der Waals surface area (Å²) in [6.07, 6.45) is -3.71. The first-order chi connectivity index (χ1) is 15.0. The van der Waals surface area contributed by atoms with Crippen molar-refractivity contribution in [3.63, 3.8) is 0 Å². The van der Waals surface area contributed by atoms with Gasteiger partial charge >= 0.3 is 12.1 Å². The van der Waals surface area contributed by atoms with Gasteiger partial charge in [-0.25, -0.2) is 4.79 Å². The predicted molar refractivity (Wildman–Crippen MR) is 115 cm³/mol. The van der Waals surface area contributed by atoms with Gasteiger partial charge in [-0.3, -0.25) is 14.5 Å². The molecule has 12 heteroatoms. The third-order valence-corrected chi connectivity index (χ3v) is 7.02. The molecule has 32 heavy (non-hydrogen) atoms. The van der Waals surface area contributed by atoms with Gasteiger partial charge in [-0.2, -0.15) is 35.8 Å². The van der Waals surface area contributed by atoms with Gasteiger partial charge in [-0.05, 0) is 47.3 Å². The van der Waals surface area contributed by atoms with Gasteiger partial charge in [-0.1, -0.05) is 0 Å². The largest absolute Gasteiger partial charge is 0.490 e. The fourth-order valence-corrected chi connectivity index (χ4v) is 5.11. The van der Waals surface area contributed by atoms with Crippen molar-refractivity contribution in [3.8, 4) is 0 Å². The molecule has 2 aliphatic heterocycles. The summed E-state index contributed by atoms with van der Waals surface area (Å²) in [4.78, 5) is 40.0. The fourth-order valence-electron chi connectivity index (χ4n) is 3.79. The molecule has 1 atom stereocenters. The quantitative estimate of drug-likeness (QED) is 0.717. The summed E-state index contributed by atoms with van der Waals surface area (Å²) in [5, 5.41) is 15.2. The number of rotatable bonds is 3. The molecular formula is C20H22F3N3O4S2. The minimum atomic E-state index is -5.08. The SMILES string of the molecule is CN1CC(=O)N(c2ccsc2)CC12CCN(C(=O)Cc1ccsc1)C2.O=C(O)C(F)(F)F. The number of aliphatic carboxylic acids is 1. The monoisotopic (exact) mass is 489 g/mol. The Bertz CT molecular complexity index is 950. The summed E-state index contributed by atoms with van der Waals surface area (Å²) in [5.41, 5.74) is 1.92. The Kier molecular flexibility index (Phi) is 7.25. The molecule has 0 aromatic carbocycles. The lowest BCUT2D eigenvalue weighted by Gasteiger charge is -2.46. The van der Waals surface area contributed by atoms with Crippen molar-refractivity contribution in [2.45, 2.75) is 24.6 Å². The van der Waals surface area contributed by atoms with Gasteiger partial charge in [0.1, 0.15) is 0 Å². The van der Waals surface area contributed by atoms with Crippen molar-refractivity contribution < 1.29 is 32.7 Å². The molecular weight excluding hydrogens is 467 g/mol. The maximum Gasteiger partial charge on any atom is 0.490 e. The number of carbonyl (C=O) groups is 3. The van der Waals surface area contributed by atoms with Crippen molar-refractivity contribution in [1.29, 1.82) is 0 Å². The van der Waals surface area contributed by atoms with Crippen molar-refractivity contribution in [2.24, 2.45) is 0 Å². The summed E-state index contributed by atoms with van der Waals surface area (Å²) in [5.74, 6) is -2.44. The van der Waals surface area contributed by atoms with Gasteiger partial charge in [0, 0.05) is 25.0 Å². The average Bonchev–Trinajstić information content (AvgIpc) is 3.47.